The largest absolute Gasteiger partial charge is 0.450 e. The van der Waals surface area contributed by atoms with Crippen molar-refractivity contribution in [2.45, 2.75) is 13.5 Å². The molecule has 90 valence electrons. The van der Waals surface area contributed by atoms with Crippen LogP contribution in [0.2, 0.25) is 0 Å². The first-order valence-corrected chi connectivity index (χ1v) is 4.59. The van der Waals surface area contributed by atoms with Crippen LogP contribution < -0.4 is 11.1 Å². The number of nitrogens with two attached hydrogens (primary N) is 1. The summed E-state index contributed by atoms with van der Waals surface area (Å²) >= 11 is 0. The maximum Gasteiger partial charge on any atom is 0.411 e. The summed E-state index contributed by atoms with van der Waals surface area (Å²) in [4.78, 5) is 11.0. The third kappa shape index (κ3) is 4.04. The molecule has 0 aliphatic carbocycles. The van der Waals surface area contributed by atoms with E-state index >= 15 is 0 Å². The van der Waals surface area contributed by atoms with E-state index in [-0.39, 0.29) is 31.2 Å². The maximum absolute atomic E-state index is 13.3. The number of hydrogen-bond donors (Lipinski definition) is 2. The quantitative estimate of drug-likeness (QED) is 0.863. The summed E-state index contributed by atoms with van der Waals surface area (Å²) in [5.74, 6) is -0.522. The number of amides is 1. The minimum atomic E-state index is -0.670. The van der Waals surface area contributed by atoms with Crippen LogP contribution in [0.25, 0.3) is 0 Å². The Morgan fingerprint density at radius 3 is 2.75 bits per heavy atom. The van der Waals surface area contributed by atoms with E-state index in [0.717, 1.165) is 0 Å². The van der Waals surface area contributed by atoms with Gasteiger partial charge in [-0.3, -0.25) is 5.32 Å². The minimum absolute atomic E-state index is 0. The Morgan fingerprint density at radius 2 is 2.25 bits per heavy atom. The van der Waals surface area contributed by atoms with Crippen molar-refractivity contribution in [2.75, 3.05) is 11.9 Å². The van der Waals surface area contributed by atoms with E-state index in [9.17, 15) is 9.18 Å². The second-order valence-electron chi connectivity index (χ2n) is 2.86. The van der Waals surface area contributed by atoms with E-state index in [2.05, 4.69) is 10.1 Å². The smallest absolute Gasteiger partial charge is 0.411 e. The molecule has 0 fully saturated rings. The van der Waals surface area contributed by atoms with Crippen molar-refractivity contribution in [3.05, 3.63) is 29.6 Å². The molecule has 0 aliphatic heterocycles. The van der Waals surface area contributed by atoms with Crippen LogP contribution in [-0.4, -0.2) is 12.7 Å². The molecule has 1 rings (SSSR count). The molecule has 4 nitrogen and oxygen atoms in total. The highest BCUT2D eigenvalue weighted by Gasteiger charge is 2.07. The van der Waals surface area contributed by atoms with Gasteiger partial charge >= 0.3 is 6.09 Å². The predicted molar refractivity (Wildman–Crippen MR) is 62.2 cm³/mol. The Labute approximate surface area is 99.4 Å². The summed E-state index contributed by atoms with van der Waals surface area (Å²) in [7, 11) is 0. The van der Waals surface area contributed by atoms with Crippen molar-refractivity contribution >= 4 is 24.2 Å². The molecule has 0 heterocycles. The van der Waals surface area contributed by atoms with E-state index in [0.29, 0.717) is 5.56 Å². The Bertz CT molecular complexity index is 361. The zero-order chi connectivity index (χ0) is 11.3. The lowest BCUT2D eigenvalue weighted by Gasteiger charge is -2.07. The first-order valence-electron chi connectivity index (χ1n) is 4.59. The molecule has 1 aromatic rings. The molecule has 6 heteroatoms. The number of benzene rings is 1. The van der Waals surface area contributed by atoms with Gasteiger partial charge in [0.1, 0.15) is 5.82 Å². The van der Waals surface area contributed by atoms with E-state index in [1.807, 2.05) is 0 Å². The highest BCUT2D eigenvalue weighted by Crippen LogP contribution is 2.15. The van der Waals surface area contributed by atoms with Crippen LogP contribution in [0.15, 0.2) is 18.2 Å². The predicted octanol–water partition coefficient (Wildman–Crippen LogP) is 2.27. The molecule has 0 aromatic heterocycles. The van der Waals surface area contributed by atoms with Gasteiger partial charge in [0, 0.05) is 6.54 Å². The second-order valence-corrected chi connectivity index (χ2v) is 2.86. The third-order valence-electron chi connectivity index (χ3n) is 1.78. The fourth-order valence-electron chi connectivity index (χ4n) is 1.06. The summed E-state index contributed by atoms with van der Waals surface area (Å²) in [5, 5.41) is 2.29. The molecule has 0 spiro atoms. The Balaban J connectivity index is 0.00000225. The van der Waals surface area contributed by atoms with Crippen LogP contribution in [0.1, 0.15) is 12.5 Å². The first kappa shape index (κ1) is 14.7. The van der Waals surface area contributed by atoms with Gasteiger partial charge in [-0.05, 0) is 24.6 Å². The van der Waals surface area contributed by atoms with Crippen LogP contribution >= 0.6 is 12.4 Å². The van der Waals surface area contributed by atoms with Crippen molar-refractivity contribution in [1.82, 2.24) is 0 Å². The van der Waals surface area contributed by atoms with Crippen LogP contribution in [-0.2, 0) is 11.3 Å². The van der Waals surface area contributed by atoms with Gasteiger partial charge in [-0.25, -0.2) is 9.18 Å². The molecule has 0 radical (unpaired) electrons. The lowest BCUT2D eigenvalue weighted by Crippen LogP contribution is -2.14. The van der Waals surface area contributed by atoms with E-state index in [1.54, 1.807) is 13.0 Å². The number of carbonyl (C=O) groups is 1. The fraction of sp³-hybridized carbons (Fsp3) is 0.300. The average Bonchev–Trinajstić information content (AvgIpc) is 2.21. The minimum Gasteiger partial charge on any atom is -0.450 e. The normalized spacial score (nSPS) is 9.19. The molecule has 0 aliphatic rings. The summed E-state index contributed by atoms with van der Waals surface area (Å²) in [6.07, 6.45) is -0.670. The molecule has 1 aromatic carbocycles. The van der Waals surface area contributed by atoms with Gasteiger partial charge in [0.2, 0.25) is 0 Å². The number of carbonyl (C=O) groups excluding carboxylic acids is 1. The van der Waals surface area contributed by atoms with Gasteiger partial charge in [-0.1, -0.05) is 6.07 Å². The summed E-state index contributed by atoms with van der Waals surface area (Å²) < 4.78 is 17.9. The van der Waals surface area contributed by atoms with Crippen LogP contribution in [0.3, 0.4) is 0 Å². The molecule has 1 amide bonds. The van der Waals surface area contributed by atoms with Gasteiger partial charge in [0.05, 0.1) is 12.3 Å². The van der Waals surface area contributed by atoms with Crippen molar-refractivity contribution < 1.29 is 13.9 Å². The topological polar surface area (TPSA) is 64.3 Å². The Kier molecular flexibility index (Phi) is 6.44. The molecule has 0 bridgehead atoms. The maximum atomic E-state index is 13.3. The Hall–Kier alpha value is -1.33. The van der Waals surface area contributed by atoms with Gasteiger partial charge < -0.3 is 10.5 Å². The Morgan fingerprint density at radius 1 is 1.56 bits per heavy atom. The highest BCUT2D eigenvalue weighted by molar-refractivity contribution is 5.85. The fourth-order valence-corrected chi connectivity index (χ4v) is 1.06. The lowest BCUT2D eigenvalue weighted by atomic mass is 10.2. The van der Waals surface area contributed by atoms with Crippen LogP contribution in [0.5, 0.6) is 0 Å². The summed E-state index contributed by atoms with van der Waals surface area (Å²) in [6.45, 7) is 2.18. The van der Waals surface area contributed by atoms with Crippen LogP contribution in [0.4, 0.5) is 14.9 Å². The van der Waals surface area contributed by atoms with Gasteiger partial charge in [0.25, 0.3) is 0 Å². The molecule has 0 saturated carbocycles. The van der Waals surface area contributed by atoms with Gasteiger partial charge in [-0.2, -0.15) is 0 Å². The van der Waals surface area contributed by atoms with E-state index < -0.39 is 11.9 Å². The van der Waals surface area contributed by atoms with Crippen molar-refractivity contribution in [2.24, 2.45) is 5.73 Å². The number of rotatable bonds is 3. The number of halogens is 2. The number of hydrogen-bond acceptors (Lipinski definition) is 3. The van der Waals surface area contributed by atoms with Crippen LogP contribution in [0, 0.1) is 5.82 Å². The number of ether oxygens (including phenoxy) is 1. The monoisotopic (exact) mass is 248 g/mol. The average molecular weight is 249 g/mol. The van der Waals surface area contributed by atoms with Crippen molar-refractivity contribution in [3.63, 3.8) is 0 Å². The van der Waals surface area contributed by atoms with Crippen molar-refractivity contribution in [3.8, 4) is 0 Å². The number of anilines is 1. The highest BCUT2D eigenvalue weighted by atomic mass is 35.5. The van der Waals surface area contributed by atoms with Gasteiger partial charge in [0.15, 0.2) is 0 Å². The lowest BCUT2D eigenvalue weighted by molar-refractivity contribution is 0.168. The second kappa shape index (κ2) is 7.03. The zero-order valence-electron chi connectivity index (χ0n) is 8.83. The molecule has 16 heavy (non-hydrogen) atoms. The summed E-state index contributed by atoms with van der Waals surface area (Å²) in [5.41, 5.74) is 6.10. The third-order valence-corrected chi connectivity index (χ3v) is 1.78. The van der Waals surface area contributed by atoms with Crippen molar-refractivity contribution in [1.29, 1.82) is 0 Å². The van der Waals surface area contributed by atoms with E-state index in [1.165, 1.54) is 12.1 Å². The standard InChI is InChI=1S/C10H13FN2O2.ClH/c1-2-15-10(14)13-9-4-3-7(6-12)5-8(9)11;/h3-5H,2,6,12H2,1H3,(H,13,14);1H. The summed E-state index contributed by atoms with van der Waals surface area (Å²) in [6, 6.07) is 4.38. The molecule has 3 N–H and O–H groups in total. The van der Waals surface area contributed by atoms with Gasteiger partial charge in [-0.15, -0.1) is 12.4 Å². The molecular formula is C10H14ClFN2O2. The molecular weight excluding hydrogens is 235 g/mol. The number of nitrogens with one attached hydrogen (secondary N) is 1. The van der Waals surface area contributed by atoms with E-state index in [4.69, 9.17) is 5.73 Å². The molecule has 0 saturated heterocycles. The first-order chi connectivity index (χ1) is 7.17. The SMILES string of the molecule is CCOC(=O)Nc1ccc(CN)cc1F.Cl. The molecule has 0 unspecified atom stereocenters. The molecule has 0 atom stereocenters. The zero-order valence-corrected chi connectivity index (χ0v) is 9.64.